The topological polar surface area (TPSA) is 66.0 Å². The SMILES string of the molecule is O=C(O)c1c(C(F)F)ccc2[nH]cnc12. The van der Waals surface area contributed by atoms with Gasteiger partial charge in [-0.25, -0.2) is 18.6 Å². The first-order chi connectivity index (χ1) is 7.11. The molecule has 1 aromatic carbocycles. The van der Waals surface area contributed by atoms with Crippen LogP contribution in [-0.4, -0.2) is 21.0 Å². The summed E-state index contributed by atoms with van der Waals surface area (Å²) in [6, 6.07) is 2.48. The molecule has 0 fully saturated rings. The lowest BCUT2D eigenvalue weighted by atomic mass is 10.1. The summed E-state index contributed by atoms with van der Waals surface area (Å²) in [5.41, 5.74) is -0.469. The van der Waals surface area contributed by atoms with Crippen LogP contribution < -0.4 is 0 Å². The molecule has 0 aliphatic rings. The molecule has 0 aliphatic heterocycles. The molecule has 2 aromatic rings. The molecule has 2 rings (SSSR count). The van der Waals surface area contributed by atoms with Crippen LogP contribution in [0.2, 0.25) is 0 Å². The van der Waals surface area contributed by atoms with Gasteiger partial charge in [0.25, 0.3) is 6.43 Å². The minimum Gasteiger partial charge on any atom is -0.478 e. The predicted octanol–water partition coefficient (Wildman–Crippen LogP) is 2.20. The lowest BCUT2D eigenvalue weighted by Gasteiger charge is -2.04. The fourth-order valence-electron chi connectivity index (χ4n) is 1.43. The quantitative estimate of drug-likeness (QED) is 0.801. The first kappa shape index (κ1) is 9.57. The summed E-state index contributed by atoms with van der Waals surface area (Å²) in [7, 11) is 0. The number of carboxylic acids is 1. The molecule has 0 aliphatic carbocycles. The fraction of sp³-hybridized carbons (Fsp3) is 0.111. The van der Waals surface area contributed by atoms with E-state index < -0.39 is 23.5 Å². The number of halogens is 2. The number of alkyl halides is 2. The fourth-order valence-corrected chi connectivity index (χ4v) is 1.43. The monoisotopic (exact) mass is 212 g/mol. The van der Waals surface area contributed by atoms with Crippen LogP contribution in [0.4, 0.5) is 8.78 Å². The number of benzene rings is 1. The number of carbonyl (C=O) groups is 1. The Morgan fingerprint density at radius 2 is 2.20 bits per heavy atom. The zero-order valence-electron chi connectivity index (χ0n) is 7.37. The Labute approximate surface area is 82.6 Å². The second-order valence-electron chi connectivity index (χ2n) is 2.93. The van der Waals surface area contributed by atoms with Gasteiger partial charge in [0.1, 0.15) is 5.52 Å². The highest BCUT2D eigenvalue weighted by Gasteiger charge is 2.21. The van der Waals surface area contributed by atoms with Crippen molar-refractivity contribution in [1.29, 1.82) is 0 Å². The average molecular weight is 212 g/mol. The van der Waals surface area contributed by atoms with Crippen molar-refractivity contribution in [3.63, 3.8) is 0 Å². The van der Waals surface area contributed by atoms with Crippen LogP contribution in [0.3, 0.4) is 0 Å². The van der Waals surface area contributed by atoms with E-state index in [-0.39, 0.29) is 5.52 Å². The predicted molar refractivity (Wildman–Crippen MR) is 48.0 cm³/mol. The Morgan fingerprint density at radius 1 is 1.47 bits per heavy atom. The number of aromatic amines is 1. The van der Waals surface area contributed by atoms with Crippen molar-refractivity contribution in [2.24, 2.45) is 0 Å². The van der Waals surface area contributed by atoms with Crippen molar-refractivity contribution in [2.75, 3.05) is 0 Å². The molecular formula is C9H6F2N2O2. The van der Waals surface area contributed by atoms with Crippen molar-refractivity contribution < 1.29 is 18.7 Å². The van der Waals surface area contributed by atoms with Gasteiger partial charge in [0, 0.05) is 5.56 Å². The van der Waals surface area contributed by atoms with Gasteiger partial charge in [0.05, 0.1) is 17.4 Å². The number of hydrogen-bond donors (Lipinski definition) is 2. The van der Waals surface area contributed by atoms with Crippen molar-refractivity contribution in [3.05, 3.63) is 29.6 Å². The molecule has 15 heavy (non-hydrogen) atoms. The molecule has 0 saturated heterocycles. The van der Waals surface area contributed by atoms with Gasteiger partial charge in [-0.3, -0.25) is 0 Å². The van der Waals surface area contributed by atoms with Crippen LogP contribution >= 0.6 is 0 Å². The van der Waals surface area contributed by atoms with Gasteiger partial charge < -0.3 is 10.1 Å². The van der Waals surface area contributed by atoms with Crippen molar-refractivity contribution in [1.82, 2.24) is 9.97 Å². The maximum Gasteiger partial charge on any atom is 0.338 e. The van der Waals surface area contributed by atoms with Gasteiger partial charge in [-0.05, 0) is 6.07 Å². The number of aromatic nitrogens is 2. The summed E-state index contributed by atoms with van der Waals surface area (Å²) in [4.78, 5) is 17.2. The van der Waals surface area contributed by atoms with E-state index in [0.717, 1.165) is 6.07 Å². The third kappa shape index (κ3) is 1.43. The molecule has 1 heterocycles. The van der Waals surface area contributed by atoms with Crippen LogP contribution in [0.15, 0.2) is 18.5 Å². The Hall–Kier alpha value is -1.98. The van der Waals surface area contributed by atoms with Crippen LogP contribution in [0.1, 0.15) is 22.3 Å². The van der Waals surface area contributed by atoms with Crippen molar-refractivity contribution in [2.45, 2.75) is 6.43 Å². The molecule has 4 nitrogen and oxygen atoms in total. The summed E-state index contributed by atoms with van der Waals surface area (Å²) in [5, 5.41) is 8.84. The minimum atomic E-state index is -2.82. The van der Waals surface area contributed by atoms with Gasteiger partial charge in [0.15, 0.2) is 0 Å². The van der Waals surface area contributed by atoms with E-state index in [4.69, 9.17) is 5.11 Å². The molecule has 0 spiro atoms. The minimum absolute atomic E-state index is 0.0558. The van der Waals surface area contributed by atoms with E-state index in [0.29, 0.717) is 5.52 Å². The smallest absolute Gasteiger partial charge is 0.338 e. The third-order valence-corrected chi connectivity index (χ3v) is 2.07. The number of carboxylic acid groups (broad SMARTS) is 1. The highest BCUT2D eigenvalue weighted by molar-refractivity contribution is 6.02. The molecule has 6 heteroatoms. The number of H-pyrrole nitrogens is 1. The second-order valence-corrected chi connectivity index (χ2v) is 2.93. The van der Waals surface area contributed by atoms with Crippen molar-refractivity contribution in [3.8, 4) is 0 Å². The van der Waals surface area contributed by atoms with Gasteiger partial charge in [-0.15, -0.1) is 0 Å². The third-order valence-electron chi connectivity index (χ3n) is 2.07. The largest absolute Gasteiger partial charge is 0.478 e. The summed E-state index contributed by atoms with van der Waals surface area (Å²) in [5.74, 6) is -1.40. The number of rotatable bonds is 2. The van der Waals surface area contributed by atoms with E-state index in [2.05, 4.69) is 9.97 Å². The molecule has 78 valence electrons. The van der Waals surface area contributed by atoms with Crippen molar-refractivity contribution >= 4 is 17.0 Å². The molecule has 1 aromatic heterocycles. The highest BCUT2D eigenvalue weighted by atomic mass is 19.3. The summed E-state index contributed by atoms with van der Waals surface area (Å²) < 4.78 is 25.0. The van der Waals surface area contributed by atoms with Gasteiger partial charge in [0.2, 0.25) is 0 Å². The molecule has 2 N–H and O–H groups in total. The van der Waals surface area contributed by atoms with Crippen LogP contribution in [0, 0.1) is 0 Å². The standard InChI is InChI=1S/C9H6F2N2O2/c10-8(11)4-1-2-5-7(13-3-12-5)6(4)9(14)15/h1-3,8H,(H,12,13)(H,14,15). The van der Waals surface area contributed by atoms with E-state index in [1.165, 1.54) is 12.4 Å². The maximum absolute atomic E-state index is 12.5. The number of nitrogens with zero attached hydrogens (tertiary/aromatic N) is 1. The van der Waals surface area contributed by atoms with Gasteiger partial charge in [-0.2, -0.15) is 0 Å². The number of hydrogen-bond acceptors (Lipinski definition) is 2. The van der Waals surface area contributed by atoms with E-state index in [9.17, 15) is 13.6 Å². The number of aromatic carboxylic acids is 1. The van der Waals surface area contributed by atoms with Crippen LogP contribution in [0.5, 0.6) is 0 Å². The molecule has 0 amide bonds. The molecule has 0 unspecified atom stereocenters. The van der Waals surface area contributed by atoms with E-state index >= 15 is 0 Å². The normalized spacial score (nSPS) is 11.1. The Kier molecular flexibility index (Phi) is 2.11. The highest BCUT2D eigenvalue weighted by Crippen LogP contribution is 2.27. The van der Waals surface area contributed by atoms with Gasteiger partial charge in [-0.1, -0.05) is 6.07 Å². The zero-order valence-corrected chi connectivity index (χ0v) is 7.37. The Balaban J connectivity index is 2.81. The second kappa shape index (κ2) is 3.30. The number of fused-ring (bicyclic) bond motifs is 1. The molecular weight excluding hydrogens is 206 g/mol. The average Bonchev–Trinajstić information content (AvgIpc) is 2.62. The van der Waals surface area contributed by atoms with E-state index in [1.54, 1.807) is 0 Å². The Morgan fingerprint density at radius 3 is 2.80 bits per heavy atom. The van der Waals surface area contributed by atoms with Gasteiger partial charge >= 0.3 is 5.97 Å². The summed E-state index contributed by atoms with van der Waals surface area (Å²) >= 11 is 0. The summed E-state index contributed by atoms with van der Waals surface area (Å²) in [6.45, 7) is 0. The summed E-state index contributed by atoms with van der Waals surface area (Å²) in [6.07, 6.45) is -1.55. The lowest BCUT2D eigenvalue weighted by molar-refractivity contribution is 0.0687. The zero-order chi connectivity index (χ0) is 11.0. The maximum atomic E-state index is 12.5. The molecule has 0 atom stereocenters. The Bertz CT molecular complexity index is 522. The first-order valence-electron chi connectivity index (χ1n) is 4.08. The number of imidazole rings is 1. The van der Waals surface area contributed by atoms with Crippen LogP contribution in [0.25, 0.3) is 11.0 Å². The molecule has 0 radical (unpaired) electrons. The lowest BCUT2D eigenvalue weighted by Crippen LogP contribution is -2.04. The van der Waals surface area contributed by atoms with Crippen LogP contribution in [-0.2, 0) is 0 Å². The molecule has 0 saturated carbocycles. The van der Waals surface area contributed by atoms with E-state index in [1.807, 2.05) is 0 Å². The first-order valence-corrected chi connectivity index (χ1v) is 4.08. The molecule has 0 bridgehead atoms. The number of nitrogens with one attached hydrogen (secondary N) is 1.